The van der Waals surface area contributed by atoms with Gasteiger partial charge in [0.2, 0.25) is 5.13 Å². The molecule has 6 nitrogen and oxygen atoms in total. The summed E-state index contributed by atoms with van der Waals surface area (Å²) in [6.07, 6.45) is 3.54. The molecule has 1 fully saturated rings. The van der Waals surface area contributed by atoms with E-state index >= 15 is 0 Å². The molecule has 122 valence electrons. The summed E-state index contributed by atoms with van der Waals surface area (Å²) in [5.74, 6) is 0.734. The lowest BCUT2D eigenvalue weighted by molar-refractivity contribution is -0.115. The van der Waals surface area contributed by atoms with Crippen LogP contribution in [0, 0.1) is 0 Å². The lowest BCUT2D eigenvalue weighted by atomic mass is 10.2. The van der Waals surface area contributed by atoms with E-state index in [0.29, 0.717) is 15.2 Å². The van der Waals surface area contributed by atoms with Crippen molar-refractivity contribution in [3.8, 4) is 5.75 Å². The molecule has 2 heterocycles. The zero-order valence-corrected chi connectivity index (χ0v) is 14.7. The number of amidine groups is 1. The average Bonchev–Trinajstić information content (AvgIpc) is 3.15. The minimum atomic E-state index is -0.211. The second-order valence-corrected chi connectivity index (χ2v) is 7.78. The summed E-state index contributed by atoms with van der Waals surface area (Å²) in [5, 5.41) is 21.0. The van der Waals surface area contributed by atoms with Gasteiger partial charge in [-0.15, -0.1) is 16.8 Å². The number of carbonyl (C=O) groups is 1. The molecule has 1 aromatic heterocycles. The summed E-state index contributed by atoms with van der Waals surface area (Å²) in [6, 6.07) is 6.61. The van der Waals surface area contributed by atoms with Crippen molar-refractivity contribution in [1.29, 1.82) is 0 Å². The normalized spacial score (nSPS) is 17.4. The molecule has 3 rings (SSSR count). The first-order valence-electron chi connectivity index (χ1n) is 6.80. The van der Waals surface area contributed by atoms with Gasteiger partial charge < -0.3 is 10.4 Å². The van der Waals surface area contributed by atoms with Gasteiger partial charge >= 0.3 is 0 Å². The minimum Gasteiger partial charge on any atom is -0.508 e. The first-order chi connectivity index (χ1) is 11.6. The molecule has 2 N–H and O–H groups in total. The zero-order chi connectivity index (χ0) is 16.9. The van der Waals surface area contributed by atoms with Crippen LogP contribution < -0.4 is 5.32 Å². The fourth-order valence-corrected chi connectivity index (χ4v) is 4.09. The molecule has 9 heteroatoms. The van der Waals surface area contributed by atoms with Gasteiger partial charge in [0.15, 0.2) is 9.51 Å². The number of aromatic nitrogens is 2. The van der Waals surface area contributed by atoms with Gasteiger partial charge in [0.05, 0.1) is 4.91 Å². The predicted molar refractivity (Wildman–Crippen MR) is 99.7 cm³/mol. The Balaban J connectivity index is 1.73. The van der Waals surface area contributed by atoms with Crippen LogP contribution in [0.3, 0.4) is 0 Å². The van der Waals surface area contributed by atoms with Gasteiger partial charge in [-0.3, -0.25) is 4.79 Å². The Bertz CT molecular complexity index is 827. The van der Waals surface area contributed by atoms with Gasteiger partial charge in [-0.25, -0.2) is 0 Å². The second-order valence-electron chi connectivity index (χ2n) is 4.52. The lowest BCUT2D eigenvalue weighted by Crippen LogP contribution is -2.19. The highest BCUT2D eigenvalue weighted by atomic mass is 32.2. The smallest absolute Gasteiger partial charge is 0.264 e. The number of amides is 1. The summed E-state index contributed by atoms with van der Waals surface area (Å²) in [6.45, 7) is 3.66. The standard InChI is InChI=1S/C15H12N4O2S3/c1-2-7-22-15-19-18-14(24-15)17-13-16-12(21)11(23-13)8-9-3-5-10(20)6-4-9/h2-6,8,20H,1,7H2,(H,16,17,18,21)/b11-8-. The van der Waals surface area contributed by atoms with E-state index in [4.69, 9.17) is 0 Å². The number of rotatable bonds is 5. The number of benzene rings is 1. The summed E-state index contributed by atoms with van der Waals surface area (Å²) >= 11 is 4.14. The quantitative estimate of drug-likeness (QED) is 0.472. The van der Waals surface area contributed by atoms with E-state index in [9.17, 15) is 9.90 Å². The molecule has 1 aromatic carbocycles. The Morgan fingerprint density at radius 3 is 2.88 bits per heavy atom. The zero-order valence-electron chi connectivity index (χ0n) is 12.3. The van der Waals surface area contributed by atoms with Crippen molar-refractivity contribution in [2.24, 2.45) is 4.99 Å². The van der Waals surface area contributed by atoms with Gasteiger partial charge in [0, 0.05) is 5.75 Å². The third-order valence-electron chi connectivity index (χ3n) is 2.76. The van der Waals surface area contributed by atoms with Crippen LogP contribution in [-0.2, 0) is 4.79 Å². The number of phenols is 1. The number of nitrogens with zero attached hydrogens (tertiary/aromatic N) is 3. The van der Waals surface area contributed by atoms with E-state index in [0.717, 1.165) is 15.7 Å². The van der Waals surface area contributed by atoms with Crippen molar-refractivity contribution in [3.63, 3.8) is 0 Å². The molecule has 0 unspecified atom stereocenters. The van der Waals surface area contributed by atoms with Gasteiger partial charge in [-0.05, 0) is 35.5 Å². The molecule has 0 radical (unpaired) electrons. The van der Waals surface area contributed by atoms with Crippen LogP contribution in [0.5, 0.6) is 5.75 Å². The van der Waals surface area contributed by atoms with Crippen LogP contribution in [-0.4, -0.2) is 32.1 Å². The second kappa shape index (κ2) is 7.65. The van der Waals surface area contributed by atoms with E-state index in [-0.39, 0.29) is 11.7 Å². The Morgan fingerprint density at radius 1 is 1.33 bits per heavy atom. The molecular weight excluding hydrogens is 364 g/mol. The topological polar surface area (TPSA) is 87.5 Å². The van der Waals surface area contributed by atoms with Crippen molar-refractivity contribution in [2.45, 2.75) is 4.34 Å². The summed E-state index contributed by atoms with van der Waals surface area (Å²) in [4.78, 5) is 16.9. The maximum atomic E-state index is 12.0. The molecule has 2 aromatic rings. The van der Waals surface area contributed by atoms with E-state index in [2.05, 4.69) is 27.1 Å². The Kier molecular flexibility index (Phi) is 5.34. The van der Waals surface area contributed by atoms with E-state index in [1.165, 1.54) is 34.9 Å². The SMILES string of the molecule is C=CCSc1nnc(/N=C2\NC(=O)/C(=C/c3ccc(O)cc3)S2)s1. The van der Waals surface area contributed by atoms with Crippen LogP contribution in [0.25, 0.3) is 6.08 Å². The van der Waals surface area contributed by atoms with Gasteiger partial charge in [-0.2, -0.15) is 4.99 Å². The highest BCUT2D eigenvalue weighted by molar-refractivity contribution is 8.18. The number of hydrogen-bond acceptors (Lipinski definition) is 8. The molecule has 0 aliphatic carbocycles. The molecule has 1 aliphatic rings. The lowest BCUT2D eigenvalue weighted by Gasteiger charge is -1.95. The number of carbonyl (C=O) groups excluding carboxylic acids is 1. The number of phenolic OH excluding ortho intramolecular Hbond substituents is 1. The monoisotopic (exact) mass is 376 g/mol. The Hall–Kier alpha value is -2.10. The van der Waals surface area contributed by atoms with Gasteiger partial charge in [-0.1, -0.05) is 41.3 Å². The predicted octanol–water partition coefficient (Wildman–Crippen LogP) is 3.41. The van der Waals surface area contributed by atoms with Crippen LogP contribution in [0.2, 0.25) is 0 Å². The largest absolute Gasteiger partial charge is 0.508 e. The van der Waals surface area contributed by atoms with Crippen LogP contribution in [0.1, 0.15) is 5.56 Å². The maximum Gasteiger partial charge on any atom is 0.264 e. The number of aliphatic imine (C=N–C) groups is 1. The number of thioether (sulfide) groups is 2. The summed E-state index contributed by atoms with van der Waals surface area (Å²) in [5.41, 5.74) is 0.825. The molecule has 0 atom stereocenters. The molecule has 1 amide bonds. The summed E-state index contributed by atoms with van der Waals surface area (Å²) < 4.78 is 0.809. The highest BCUT2D eigenvalue weighted by Gasteiger charge is 2.24. The van der Waals surface area contributed by atoms with Crippen molar-refractivity contribution in [1.82, 2.24) is 15.5 Å². The van der Waals surface area contributed by atoms with E-state index in [1.807, 2.05) is 0 Å². The first kappa shape index (κ1) is 16.7. The fraction of sp³-hybridized carbons (Fsp3) is 0.0667. The molecule has 24 heavy (non-hydrogen) atoms. The molecule has 1 saturated heterocycles. The molecular formula is C15H12N4O2S3. The Labute approximate surface area is 150 Å². The highest BCUT2D eigenvalue weighted by Crippen LogP contribution is 2.31. The van der Waals surface area contributed by atoms with Crippen LogP contribution >= 0.6 is 34.9 Å². The average molecular weight is 376 g/mol. The first-order valence-corrected chi connectivity index (χ1v) is 9.42. The molecule has 0 spiro atoms. The number of aromatic hydroxyl groups is 1. The van der Waals surface area contributed by atoms with Crippen molar-refractivity contribution < 1.29 is 9.90 Å². The van der Waals surface area contributed by atoms with Gasteiger partial charge in [0.25, 0.3) is 5.91 Å². The number of nitrogens with one attached hydrogen (secondary N) is 1. The third kappa shape index (κ3) is 4.25. The van der Waals surface area contributed by atoms with Crippen LogP contribution in [0.4, 0.5) is 5.13 Å². The minimum absolute atomic E-state index is 0.185. The van der Waals surface area contributed by atoms with E-state index < -0.39 is 0 Å². The molecule has 0 bridgehead atoms. The van der Waals surface area contributed by atoms with Crippen LogP contribution in [0.15, 0.2) is 51.2 Å². The fourth-order valence-electron chi connectivity index (χ4n) is 1.73. The van der Waals surface area contributed by atoms with E-state index in [1.54, 1.807) is 36.4 Å². The summed E-state index contributed by atoms with van der Waals surface area (Å²) in [7, 11) is 0. The van der Waals surface area contributed by atoms with Crippen molar-refractivity contribution >= 4 is 57.1 Å². The third-order valence-corrected chi connectivity index (χ3v) is 5.62. The maximum absolute atomic E-state index is 12.0. The Morgan fingerprint density at radius 2 is 2.12 bits per heavy atom. The number of hydrogen-bond donors (Lipinski definition) is 2. The van der Waals surface area contributed by atoms with Crippen molar-refractivity contribution in [2.75, 3.05) is 5.75 Å². The molecule has 1 aliphatic heterocycles. The van der Waals surface area contributed by atoms with Crippen molar-refractivity contribution in [3.05, 3.63) is 47.4 Å². The van der Waals surface area contributed by atoms with Gasteiger partial charge in [0.1, 0.15) is 5.75 Å². The molecule has 0 saturated carbocycles.